The number of aromatic nitrogens is 2. The van der Waals surface area contributed by atoms with E-state index in [0.717, 1.165) is 12.8 Å². The SMILES string of the molecule is Cn1c(N2CCC(N)CC2)nc(-c2ccc(C#N)cc2)c(-c2ccc(OCC(=O)Nc3cccc(C(=O)NO)c3)cc2)c1=O. The molecule has 1 aromatic heterocycles. The minimum absolute atomic E-state index is 0.124. The maximum Gasteiger partial charge on any atom is 0.274 e. The average Bonchev–Trinajstić information content (AvgIpc) is 3.05. The van der Waals surface area contributed by atoms with Crippen molar-refractivity contribution in [1.29, 1.82) is 5.26 Å². The molecule has 0 bridgehead atoms. The van der Waals surface area contributed by atoms with Gasteiger partial charge in [0, 0.05) is 43.0 Å². The van der Waals surface area contributed by atoms with Gasteiger partial charge in [0.15, 0.2) is 6.61 Å². The lowest BCUT2D eigenvalue weighted by atomic mass is 9.99. The summed E-state index contributed by atoms with van der Waals surface area (Å²) in [7, 11) is 1.70. The summed E-state index contributed by atoms with van der Waals surface area (Å²) in [4.78, 5) is 45.0. The number of hydrogen-bond donors (Lipinski definition) is 4. The van der Waals surface area contributed by atoms with E-state index in [2.05, 4.69) is 16.3 Å². The number of piperidine rings is 1. The van der Waals surface area contributed by atoms with Gasteiger partial charge in [-0.2, -0.15) is 5.26 Å². The molecule has 1 aliphatic heterocycles. The Morgan fingerprint density at radius 2 is 1.75 bits per heavy atom. The van der Waals surface area contributed by atoms with Crippen molar-refractivity contribution < 1.29 is 19.5 Å². The van der Waals surface area contributed by atoms with Crippen LogP contribution >= 0.6 is 0 Å². The lowest BCUT2D eigenvalue weighted by Crippen LogP contribution is -2.42. The second-order valence-corrected chi connectivity index (χ2v) is 10.4. The van der Waals surface area contributed by atoms with Gasteiger partial charge in [-0.3, -0.25) is 24.2 Å². The Hall–Kier alpha value is -5.51. The number of hydroxylamine groups is 1. The van der Waals surface area contributed by atoms with E-state index < -0.39 is 11.8 Å². The van der Waals surface area contributed by atoms with Crippen molar-refractivity contribution in [3.8, 4) is 34.2 Å². The van der Waals surface area contributed by atoms with Crippen LogP contribution in [0.3, 0.4) is 0 Å². The van der Waals surface area contributed by atoms with E-state index in [1.54, 1.807) is 77.8 Å². The zero-order chi connectivity index (χ0) is 31.2. The summed E-state index contributed by atoms with van der Waals surface area (Å²) < 4.78 is 7.20. The van der Waals surface area contributed by atoms with Gasteiger partial charge in [0.1, 0.15) is 5.75 Å². The molecule has 2 heterocycles. The van der Waals surface area contributed by atoms with Crippen molar-refractivity contribution in [1.82, 2.24) is 15.0 Å². The molecule has 0 atom stereocenters. The monoisotopic (exact) mass is 593 g/mol. The standard InChI is InChI=1S/C32H31N7O5/c1-38-31(42)28(29(22-7-5-20(18-33)6-8-22)36-32(38)39-15-13-24(34)14-16-39)21-9-11-26(12-10-21)44-19-27(40)35-25-4-2-3-23(17-25)30(41)37-43/h2-12,17,24,43H,13-16,19,34H2,1H3,(H,35,40)(H,37,41). The molecule has 12 heteroatoms. The number of carbonyl (C=O) groups excluding carboxylic acids is 2. The summed E-state index contributed by atoms with van der Waals surface area (Å²) in [6.07, 6.45) is 1.60. The number of benzene rings is 3. The molecule has 5 rings (SSSR count). The minimum atomic E-state index is -0.698. The molecule has 3 aromatic carbocycles. The third-order valence-corrected chi connectivity index (χ3v) is 7.40. The van der Waals surface area contributed by atoms with E-state index in [9.17, 15) is 19.6 Å². The molecule has 2 amide bonds. The van der Waals surface area contributed by atoms with Crippen molar-refractivity contribution in [2.75, 3.05) is 29.9 Å². The number of nitrogens with one attached hydrogen (secondary N) is 2. The van der Waals surface area contributed by atoms with E-state index in [1.807, 2.05) is 0 Å². The van der Waals surface area contributed by atoms with Crippen LogP contribution in [0.5, 0.6) is 5.75 Å². The molecule has 4 aromatic rings. The van der Waals surface area contributed by atoms with Gasteiger partial charge in [0.25, 0.3) is 17.4 Å². The average molecular weight is 594 g/mol. The number of rotatable bonds is 8. The quantitative estimate of drug-likeness (QED) is 0.177. The van der Waals surface area contributed by atoms with Gasteiger partial charge in [-0.25, -0.2) is 10.5 Å². The first-order chi connectivity index (χ1) is 21.3. The first-order valence-electron chi connectivity index (χ1n) is 14.0. The van der Waals surface area contributed by atoms with Gasteiger partial charge in [-0.1, -0.05) is 30.3 Å². The number of anilines is 2. The molecule has 0 aliphatic carbocycles. The highest BCUT2D eigenvalue weighted by atomic mass is 16.5. The summed E-state index contributed by atoms with van der Waals surface area (Å²) in [5, 5.41) is 20.7. The van der Waals surface area contributed by atoms with Crippen LogP contribution in [0.1, 0.15) is 28.8 Å². The fourth-order valence-electron chi connectivity index (χ4n) is 5.01. The third kappa shape index (κ3) is 6.59. The van der Waals surface area contributed by atoms with E-state index in [1.165, 1.54) is 12.1 Å². The molecule has 5 N–H and O–H groups in total. The molecule has 1 fully saturated rings. The molecular weight excluding hydrogens is 562 g/mol. The maximum absolute atomic E-state index is 13.9. The number of hydrogen-bond acceptors (Lipinski definition) is 9. The van der Waals surface area contributed by atoms with Crippen molar-refractivity contribution in [3.63, 3.8) is 0 Å². The summed E-state index contributed by atoms with van der Waals surface area (Å²) >= 11 is 0. The van der Waals surface area contributed by atoms with Gasteiger partial charge in [-0.15, -0.1) is 0 Å². The van der Waals surface area contributed by atoms with Crippen molar-refractivity contribution in [2.45, 2.75) is 18.9 Å². The Labute approximate surface area is 253 Å². The lowest BCUT2D eigenvalue weighted by Gasteiger charge is -2.32. The van der Waals surface area contributed by atoms with Crippen molar-refractivity contribution in [2.24, 2.45) is 12.8 Å². The van der Waals surface area contributed by atoms with Gasteiger partial charge >= 0.3 is 0 Å². The number of nitrogens with two attached hydrogens (primary N) is 1. The normalized spacial score (nSPS) is 13.2. The predicted molar refractivity (Wildman–Crippen MR) is 164 cm³/mol. The van der Waals surface area contributed by atoms with Crippen LogP contribution < -0.4 is 31.7 Å². The van der Waals surface area contributed by atoms with Crippen molar-refractivity contribution >= 4 is 23.5 Å². The summed E-state index contributed by atoms with van der Waals surface area (Å²) in [5.74, 6) is -0.191. The number of carbonyl (C=O) groups is 2. The Bertz CT molecular complexity index is 1770. The minimum Gasteiger partial charge on any atom is -0.484 e. The van der Waals surface area contributed by atoms with Gasteiger partial charge in [0.2, 0.25) is 5.95 Å². The number of nitrogens with zero attached hydrogens (tertiary/aromatic N) is 4. The zero-order valence-electron chi connectivity index (χ0n) is 24.0. The van der Waals surface area contributed by atoms with Crippen LogP contribution in [-0.2, 0) is 11.8 Å². The summed E-state index contributed by atoms with van der Waals surface area (Å²) in [6, 6.07) is 22.1. The zero-order valence-corrected chi connectivity index (χ0v) is 24.0. The highest BCUT2D eigenvalue weighted by Crippen LogP contribution is 2.31. The Morgan fingerprint density at radius 1 is 1.07 bits per heavy atom. The fraction of sp³-hybridized carbons (Fsp3) is 0.219. The van der Waals surface area contributed by atoms with E-state index in [0.29, 0.717) is 58.4 Å². The molecule has 12 nitrogen and oxygen atoms in total. The molecular formula is C32H31N7O5. The first-order valence-corrected chi connectivity index (χ1v) is 14.0. The second kappa shape index (κ2) is 13.2. The molecule has 0 unspecified atom stereocenters. The molecule has 0 spiro atoms. The van der Waals surface area contributed by atoms with Crippen LogP contribution in [-0.4, -0.2) is 52.3 Å². The number of ether oxygens (including phenoxy) is 1. The van der Waals surface area contributed by atoms with Crippen LogP contribution in [0.4, 0.5) is 11.6 Å². The second-order valence-electron chi connectivity index (χ2n) is 10.4. The van der Waals surface area contributed by atoms with Crippen molar-refractivity contribution in [3.05, 3.63) is 94.3 Å². The lowest BCUT2D eigenvalue weighted by molar-refractivity contribution is -0.118. The summed E-state index contributed by atoms with van der Waals surface area (Å²) in [6.45, 7) is 1.08. The Morgan fingerprint density at radius 3 is 2.41 bits per heavy atom. The molecule has 1 aliphatic rings. The number of nitriles is 1. The van der Waals surface area contributed by atoms with Crippen LogP contribution in [0.25, 0.3) is 22.4 Å². The highest BCUT2D eigenvalue weighted by Gasteiger charge is 2.24. The smallest absolute Gasteiger partial charge is 0.274 e. The molecule has 1 saturated heterocycles. The van der Waals surface area contributed by atoms with Gasteiger partial charge < -0.3 is 20.7 Å². The fourth-order valence-corrected chi connectivity index (χ4v) is 5.01. The molecule has 0 radical (unpaired) electrons. The Balaban J connectivity index is 1.39. The van der Waals surface area contributed by atoms with E-state index >= 15 is 0 Å². The Kier molecular flexibility index (Phi) is 8.99. The third-order valence-electron chi connectivity index (χ3n) is 7.40. The first kappa shape index (κ1) is 30.0. The summed E-state index contributed by atoms with van der Waals surface area (Å²) in [5.41, 5.74) is 10.7. The highest BCUT2D eigenvalue weighted by molar-refractivity contribution is 5.97. The predicted octanol–water partition coefficient (Wildman–Crippen LogP) is 3.05. The van der Waals surface area contributed by atoms with Crippen LogP contribution in [0, 0.1) is 11.3 Å². The van der Waals surface area contributed by atoms with Gasteiger partial charge in [0.05, 0.1) is 22.9 Å². The van der Waals surface area contributed by atoms with E-state index in [-0.39, 0.29) is 23.8 Å². The van der Waals surface area contributed by atoms with Crippen LogP contribution in [0.2, 0.25) is 0 Å². The number of amides is 2. The molecule has 0 saturated carbocycles. The van der Waals surface area contributed by atoms with E-state index in [4.69, 9.17) is 20.7 Å². The topological polar surface area (TPSA) is 176 Å². The van der Waals surface area contributed by atoms with Crippen LogP contribution in [0.15, 0.2) is 77.6 Å². The maximum atomic E-state index is 13.9. The largest absolute Gasteiger partial charge is 0.484 e. The molecule has 44 heavy (non-hydrogen) atoms. The van der Waals surface area contributed by atoms with Gasteiger partial charge in [-0.05, 0) is 60.9 Å². The molecule has 224 valence electrons.